The fourth-order valence-electron chi connectivity index (χ4n) is 2.24. The summed E-state index contributed by atoms with van der Waals surface area (Å²) in [4.78, 5) is 1.03. The predicted octanol–water partition coefficient (Wildman–Crippen LogP) is 6.03. The van der Waals surface area contributed by atoms with Gasteiger partial charge in [-0.3, -0.25) is 0 Å². The SMILES string of the molecule is CC(C)c1ccc(S)cc1.Nc1ccccc1-c1ccccc1. The monoisotopic (exact) mass is 321 g/mol. The van der Waals surface area contributed by atoms with Crippen molar-refractivity contribution < 1.29 is 0 Å². The molecule has 0 aliphatic carbocycles. The van der Waals surface area contributed by atoms with E-state index in [4.69, 9.17) is 5.73 Å². The van der Waals surface area contributed by atoms with Gasteiger partial charge in [-0.2, -0.15) is 0 Å². The summed E-state index contributed by atoms with van der Waals surface area (Å²) in [6.07, 6.45) is 0. The maximum Gasteiger partial charge on any atom is 0.0393 e. The quantitative estimate of drug-likeness (QED) is 0.437. The molecule has 0 radical (unpaired) electrons. The number of nitrogens with two attached hydrogens (primary N) is 1. The molecule has 3 aromatic rings. The average Bonchev–Trinajstić information content (AvgIpc) is 2.57. The van der Waals surface area contributed by atoms with Crippen LogP contribution in [-0.4, -0.2) is 0 Å². The van der Waals surface area contributed by atoms with Gasteiger partial charge < -0.3 is 5.73 Å². The van der Waals surface area contributed by atoms with Crippen molar-refractivity contribution in [1.82, 2.24) is 0 Å². The summed E-state index contributed by atoms with van der Waals surface area (Å²) in [5, 5.41) is 0. The summed E-state index contributed by atoms with van der Waals surface area (Å²) in [6, 6.07) is 26.3. The van der Waals surface area contributed by atoms with Crippen LogP contribution >= 0.6 is 12.6 Å². The van der Waals surface area contributed by atoms with Crippen LogP contribution in [0.3, 0.4) is 0 Å². The molecule has 1 nitrogen and oxygen atoms in total. The number of nitrogen functional groups attached to an aromatic ring is 1. The third-order valence-electron chi connectivity index (χ3n) is 3.61. The van der Waals surface area contributed by atoms with Crippen molar-refractivity contribution in [3.63, 3.8) is 0 Å². The second kappa shape index (κ2) is 8.44. The van der Waals surface area contributed by atoms with Crippen molar-refractivity contribution in [2.24, 2.45) is 0 Å². The second-order valence-corrected chi connectivity index (χ2v) is 6.22. The lowest BCUT2D eigenvalue weighted by atomic mass is 10.0. The van der Waals surface area contributed by atoms with Gasteiger partial charge in [-0.15, -0.1) is 12.6 Å². The highest BCUT2D eigenvalue weighted by Crippen LogP contribution is 2.24. The van der Waals surface area contributed by atoms with Gasteiger partial charge in [0.2, 0.25) is 0 Å². The highest BCUT2D eigenvalue weighted by molar-refractivity contribution is 7.80. The molecule has 0 bridgehead atoms. The predicted molar refractivity (Wildman–Crippen MR) is 104 cm³/mol. The number of hydrogen-bond acceptors (Lipinski definition) is 2. The molecule has 3 rings (SSSR count). The van der Waals surface area contributed by atoms with Gasteiger partial charge in [0.25, 0.3) is 0 Å². The zero-order valence-corrected chi connectivity index (χ0v) is 14.5. The number of thiol groups is 1. The van der Waals surface area contributed by atoms with Crippen LogP contribution in [0.2, 0.25) is 0 Å². The second-order valence-electron chi connectivity index (χ2n) is 5.70. The van der Waals surface area contributed by atoms with Crippen LogP contribution in [0.4, 0.5) is 5.69 Å². The minimum Gasteiger partial charge on any atom is -0.398 e. The number of anilines is 1. The first-order valence-corrected chi connectivity index (χ1v) is 8.21. The molecule has 3 aromatic carbocycles. The van der Waals surface area contributed by atoms with Gasteiger partial charge >= 0.3 is 0 Å². The summed E-state index contributed by atoms with van der Waals surface area (Å²) >= 11 is 4.20. The Morgan fingerprint density at radius 2 is 1.30 bits per heavy atom. The van der Waals surface area contributed by atoms with Crippen LogP contribution < -0.4 is 5.73 Å². The first kappa shape index (κ1) is 17.2. The molecule has 0 atom stereocenters. The van der Waals surface area contributed by atoms with Crippen LogP contribution in [0.15, 0.2) is 83.8 Å². The normalized spacial score (nSPS) is 10.1. The van der Waals surface area contributed by atoms with Crippen LogP contribution in [0.25, 0.3) is 11.1 Å². The number of para-hydroxylation sites is 1. The van der Waals surface area contributed by atoms with Crippen molar-refractivity contribution in [2.75, 3.05) is 5.73 Å². The molecule has 0 aromatic heterocycles. The summed E-state index contributed by atoms with van der Waals surface area (Å²) in [6.45, 7) is 4.38. The number of benzene rings is 3. The topological polar surface area (TPSA) is 26.0 Å². The van der Waals surface area contributed by atoms with Gasteiger partial charge in [-0.1, -0.05) is 74.5 Å². The van der Waals surface area contributed by atoms with E-state index in [0.29, 0.717) is 5.92 Å². The third kappa shape index (κ3) is 5.19. The molecule has 118 valence electrons. The summed E-state index contributed by atoms with van der Waals surface area (Å²) in [5.74, 6) is 0.619. The molecule has 0 spiro atoms. The molecule has 0 aliphatic rings. The molecule has 23 heavy (non-hydrogen) atoms. The molecule has 0 saturated heterocycles. The Morgan fingerprint density at radius 3 is 1.87 bits per heavy atom. The van der Waals surface area contributed by atoms with E-state index in [0.717, 1.165) is 16.1 Å². The molecule has 0 aliphatic heterocycles. The zero-order chi connectivity index (χ0) is 16.7. The molecule has 0 heterocycles. The van der Waals surface area contributed by atoms with E-state index >= 15 is 0 Å². The van der Waals surface area contributed by atoms with E-state index in [-0.39, 0.29) is 0 Å². The zero-order valence-electron chi connectivity index (χ0n) is 13.6. The fraction of sp³-hybridized carbons (Fsp3) is 0.143. The van der Waals surface area contributed by atoms with E-state index in [1.165, 1.54) is 11.1 Å². The van der Waals surface area contributed by atoms with Crippen molar-refractivity contribution in [3.8, 4) is 11.1 Å². The van der Waals surface area contributed by atoms with Gasteiger partial charge in [0.15, 0.2) is 0 Å². The first-order chi connectivity index (χ1) is 11.1. The van der Waals surface area contributed by atoms with E-state index < -0.39 is 0 Å². The van der Waals surface area contributed by atoms with Crippen molar-refractivity contribution in [1.29, 1.82) is 0 Å². The molecule has 2 N–H and O–H groups in total. The van der Waals surface area contributed by atoms with Gasteiger partial charge in [0, 0.05) is 16.1 Å². The average molecular weight is 321 g/mol. The van der Waals surface area contributed by atoms with Crippen molar-refractivity contribution >= 4 is 18.3 Å². The molecular weight excluding hydrogens is 298 g/mol. The number of rotatable bonds is 2. The van der Waals surface area contributed by atoms with E-state index in [1.807, 2.05) is 54.6 Å². The van der Waals surface area contributed by atoms with Crippen molar-refractivity contribution in [3.05, 3.63) is 84.4 Å². The Balaban J connectivity index is 0.000000174. The smallest absolute Gasteiger partial charge is 0.0393 e. The fourth-order valence-corrected chi connectivity index (χ4v) is 2.39. The summed E-state index contributed by atoms with van der Waals surface area (Å²) in [5.41, 5.74) is 10.3. The van der Waals surface area contributed by atoms with Crippen LogP contribution in [0.1, 0.15) is 25.3 Å². The Kier molecular flexibility index (Phi) is 6.30. The highest BCUT2D eigenvalue weighted by atomic mass is 32.1. The lowest BCUT2D eigenvalue weighted by Gasteiger charge is -2.03. The molecule has 0 amide bonds. The Morgan fingerprint density at radius 1 is 0.739 bits per heavy atom. The Hall–Kier alpha value is -2.19. The molecule has 0 saturated carbocycles. The lowest BCUT2D eigenvalue weighted by molar-refractivity contribution is 0.865. The number of hydrogen-bond donors (Lipinski definition) is 2. The van der Waals surface area contributed by atoms with Crippen LogP contribution in [0, 0.1) is 0 Å². The standard InChI is InChI=1S/C12H11N.C9H12S/c13-12-9-5-4-8-11(12)10-6-2-1-3-7-10;1-7(2)8-3-5-9(10)6-4-8/h1-9H,13H2;3-7,10H,1-2H3. The molecule has 0 unspecified atom stereocenters. The van der Waals surface area contributed by atoms with Gasteiger partial charge in [-0.25, -0.2) is 0 Å². The van der Waals surface area contributed by atoms with Crippen LogP contribution in [-0.2, 0) is 0 Å². The molecular formula is C21H23NS. The maximum atomic E-state index is 5.85. The summed E-state index contributed by atoms with van der Waals surface area (Å²) < 4.78 is 0. The first-order valence-electron chi connectivity index (χ1n) is 7.77. The minimum absolute atomic E-state index is 0.619. The molecule has 2 heteroatoms. The van der Waals surface area contributed by atoms with Crippen LogP contribution in [0.5, 0.6) is 0 Å². The van der Waals surface area contributed by atoms with Crippen molar-refractivity contribution in [2.45, 2.75) is 24.7 Å². The van der Waals surface area contributed by atoms with E-state index in [9.17, 15) is 0 Å². The summed E-state index contributed by atoms with van der Waals surface area (Å²) in [7, 11) is 0. The maximum absolute atomic E-state index is 5.85. The Labute approximate surface area is 144 Å². The van der Waals surface area contributed by atoms with E-state index in [2.05, 4.69) is 50.7 Å². The van der Waals surface area contributed by atoms with Gasteiger partial charge in [0.05, 0.1) is 0 Å². The van der Waals surface area contributed by atoms with Gasteiger partial charge in [0.1, 0.15) is 0 Å². The van der Waals surface area contributed by atoms with E-state index in [1.54, 1.807) is 0 Å². The largest absolute Gasteiger partial charge is 0.398 e. The molecule has 0 fully saturated rings. The van der Waals surface area contributed by atoms with Gasteiger partial charge in [-0.05, 0) is 35.2 Å². The lowest BCUT2D eigenvalue weighted by Crippen LogP contribution is -1.88. The third-order valence-corrected chi connectivity index (χ3v) is 3.90. The Bertz CT molecular complexity index is 718. The minimum atomic E-state index is 0.619. The highest BCUT2D eigenvalue weighted by Gasteiger charge is 1.98.